The maximum absolute atomic E-state index is 9.87. The Hall–Kier alpha value is 0.0200. The maximum Gasteiger partial charge on any atom is 0.132 e. The van der Waals surface area contributed by atoms with Crippen molar-refractivity contribution in [1.82, 2.24) is 0 Å². The van der Waals surface area contributed by atoms with E-state index in [-0.39, 0.29) is 5.25 Å². The van der Waals surface area contributed by atoms with Gasteiger partial charge >= 0.3 is 0 Å². The van der Waals surface area contributed by atoms with Gasteiger partial charge in [0, 0.05) is 0 Å². The molecule has 7 heavy (non-hydrogen) atoms. The lowest BCUT2D eigenvalue weighted by atomic mass is 10.5. The van der Waals surface area contributed by atoms with Crippen LogP contribution in [0.15, 0.2) is 0 Å². The molecule has 0 rings (SSSR count). The van der Waals surface area contributed by atoms with Gasteiger partial charge < -0.3 is 4.79 Å². The normalized spacial score (nSPS) is 13.4. The molecular weight excluding hydrogens is 108 g/mol. The Balaban J connectivity index is 2.98. The summed E-state index contributed by atoms with van der Waals surface area (Å²) in [5.74, 6) is 1.03. The zero-order chi connectivity index (χ0) is 5.70. The lowest BCUT2D eigenvalue weighted by molar-refractivity contribution is -0.107. The molecule has 0 saturated heterocycles. The molecule has 0 fully saturated rings. The minimum Gasteiger partial charge on any atom is -0.302 e. The second kappa shape index (κ2) is 4.19. The van der Waals surface area contributed by atoms with Crippen LogP contribution in [-0.2, 0) is 4.79 Å². The van der Waals surface area contributed by atoms with Gasteiger partial charge in [-0.2, -0.15) is 11.8 Å². The average molecular weight is 118 g/mol. The van der Waals surface area contributed by atoms with E-state index in [9.17, 15) is 4.79 Å². The van der Waals surface area contributed by atoms with Gasteiger partial charge in [0.2, 0.25) is 0 Å². The first-order valence-corrected chi connectivity index (χ1v) is 3.43. The second-order valence-corrected chi connectivity index (χ2v) is 2.95. The Kier molecular flexibility index (Phi) is 4.20. The highest BCUT2D eigenvalue weighted by atomic mass is 32.2. The van der Waals surface area contributed by atoms with Crippen molar-refractivity contribution in [2.24, 2.45) is 0 Å². The Morgan fingerprint density at radius 3 is 2.57 bits per heavy atom. The van der Waals surface area contributed by atoms with Crippen LogP contribution in [0.5, 0.6) is 0 Å². The highest BCUT2D eigenvalue weighted by molar-refractivity contribution is 8.00. The van der Waals surface area contributed by atoms with Crippen molar-refractivity contribution in [3.8, 4) is 0 Å². The van der Waals surface area contributed by atoms with Gasteiger partial charge in [0.1, 0.15) is 6.29 Å². The van der Waals surface area contributed by atoms with Gasteiger partial charge in [-0.25, -0.2) is 0 Å². The van der Waals surface area contributed by atoms with E-state index >= 15 is 0 Å². The minimum atomic E-state index is 0.185. The molecule has 0 aromatic heterocycles. The second-order valence-electron chi connectivity index (χ2n) is 1.30. The molecular formula is C5H10OS. The summed E-state index contributed by atoms with van der Waals surface area (Å²) in [7, 11) is 0. The van der Waals surface area contributed by atoms with Crippen molar-refractivity contribution in [3.63, 3.8) is 0 Å². The lowest BCUT2D eigenvalue weighted by Crippen LogP contribution is -1.95. The van der Waals surface area contributed by atoms with Crippen molar-refractivity contribution in [1.29, 1.82) is 0 Å². The van der Waals surface area contributed by atoms with E-state index in [0.717, 1.165) is 12.0 Å². The summed E-state index contributed by atoms with van der Waals surface area (Å²) in [6, 6.07) is 0. The summed E-state index contributed by atoms with van der Waals surface area (Å²) >= 11 is 1.66. The molecule has 0 amide bonds. The predicted molar refractivity (Wildman–Crippen MR) is 33.7 cm³/mol. The highest BCUT2D eigenvalue weighted by Gasteiger charge is 1.93. The number of thioether (sulfide) groups is 1. The van der Waals surface area contributed by atoms with E-state index in [1.54, 1.807) is 11.8 Å². The van der Waals surface area contributed by atoms with Gasteiger partial charge in [0.05, 0.1) is 5.25 Å². The molecule has 0 aliphatic rings. The van der Waals surface area contributed by atoms with Crippen molar-refractivity contribution in [3.05, 3.63) is 0 Å². The monoisotopic (exact) mass is 118 g/mol. The fourth-order valence-corrected chi connectivity index (χ4v) is 0.907. The molecule has 0 radical (unpaired) electrons. The van der Waals surface area contributed by atoms with Crippen molar-refractivity contribution < 1.29 is 4.79 Å². The summed E-state index contributed by atoms with van der Waals surface area (Å²) in [5.41, 5.74) is 0. The van der Waals surface area contributed by atoms with Crippen LogP contribution < -0.4 is 0 Å². The lowest BCUT2D eigenvalue weighted by Gasteiger charge is -1.95. The Bertz CT molecular complexity index is 54.0. The van der Waals surface area contributed by atoms with Crippen LogP contribution in [0.1, 0.15) is 13.8 Å². The third-order valence-electron chi connectivity index (χ3n) is 0.621. The van der Waals surface area contributed by atoms with E-state index in [1.807, 2.05) is 13.8 Å². The molecule has 1 nitrogen and oxygen atoms in total. The number of aldehydes is 1. The molecule has 0 aliphatic heterocycles. The van der Waals surface area contributed by atoms with E-state index in [1.165, 1.54) is 0 Å². The fourth-order valence-electron chi connectivity index (χ4n) is 0.302. The smallest absolute Gasteiger partial charge is 0.132 e. The first-order chi connectivity index (χ1) is 3.31. The van der Waals surface area contributed by atoms with Crippen LogP contribution >= 0.6 is 11.8 Å². The fraction of sp³-hybridized carbons (Fsp3) is 0.800. The Labute approximate surface area is 48.5 Å². The van der Waals surface area contributed by atoms with Gasteiger partial charge in [-0.15, -0.1) is 0 Å². The SMILES string of the molecule is CCS[C@@H](C)C=O. The quantitative estimate of drug-likeness (QED) is 0.520. The van der Waals surface area contributed by atoms with E-state index < -0.39 is 0 Å². The molecule has 2 heteroatoms. The third kappa shape index (κ3) is 3.86. The number of hydrogen-bond acceptors (Lipinski definition) is 2. The largest absolute Gasteiger partial charge is 0.302 e. The summed E-state index contributed by atoms with van der Waals surface area (Å²) < 4.78 is 0. The zero-order valence-corrected chi connectivity index (χ0v) is 5.49. The first kappa shape index (κ1) is 7.02. The molecule has 0 spiro atoms. The molecule has 0 bridgehead atoms. The molecule has 0 aromatic rings. The number of carbonyl (C=O) groups is 1. The van der Waals surface area contributed by atoms with Crippen LogP contribution in [0.3, 0.4) is 0 Å². The van der Waals surface area contributed by atoms with Crippen LogP contribution in [0.2, 0.25) is 0 Å². The van der Waals surface area contributed by atoms with Crippen molar-refractivity contribution in [2.45, 2.75) is 19.1 Å². The summed E-state index contributed by atoms with van der Waals surface area (Å²) in [5, 5.41) is 0.185. The summed E-state index contributed by atoms with van der Waals surface area (Å²) in [6.07, 6.45) is 0.966. The first-order valence-electron chi connectivity index (χ1n) is 2.38. The Morgan fingerprint density at radius 1 is 1.86 bits per heavy atom. The zero-order valence-electron chi connectivity index (χ0n) is 4.68. The van der Waals surface area contributed by atoms with E-state index in [2.05, 4.69) is 0 Å². The van der Waals surface area contributed by atoms with Gasteiger partial charge in [0.25, 0.3) is 0 Å². The topological polar surface area (TPSA) is 17.1 Å². The number of hydrogen-bond donors (Lipinski definition) is 0. The average Bonchev–Trinajstić information content (AvgIpc) is 1.68. The van der Waals surface area contributed by atoms with Gasteiger partial charge in [-0.05, 0) is 12.7 Å². The van der Waals surface area contributed by atoms with Gasteiger partial charge in [-0.1, -0.05) is 6.92 Å². The van der Waals surface area contributed by atoms with Crippen molar-refractivity contribution >= 4 is 18.0 Å². The van der Waals surface area contributed by atoms with Gasteiger partial charge in [0.15, 0.2) is 0 Å². The number of rotatable bonds is 3. The molecule has 42 valence electrons. The highest BCUT2D eigenvalue weighted by Crippen LogP contribution is 2.04. The van der Waals surface area contributed by atoms with Gasteiger partial charge in [-0.3, -0.25) is 0 Å². The molecule has 0 saturated carbocycles. The molecule has 0 unspecified atom stereocenters. The van der Waals surface area contributed by atoms with Crippen LogP contribution in [0.25, 0.3) is 0 Å². The standard InChI is InChI=1S/C5H10OS/c1-3-7-5(2)4-6/h4-5H,3H2,1-2H3/t5-/m0/s1. The van der Waals surface area contributed by atoms with Crippen LogP contribution in [0.4, 0.5) is 0 Å². The number of carbonyl (C=O) groups excluding carboxylic acids is 1. The van der Waals surface area contributed by atoms with Crippen molar-refractivity contribution in [2.75, 3.05) is 5.75 Å². The van der Waals surface area contributed by atoms with E-state index in [0.29, 0.717) is 0 Å². The molecule has 0 aromatic carbocycles. The van der Waals surface area contributed by atoms with Crippen LogP contribution in [-0.4, -0.2) is 17.3 Å². The van der Waals surface area contributed by atoms with Crippen LogP contribution in [0, 0.1) is 0 Å². The minimum absolute atomic E-state index is 0.185. The van der Waals surface area contributed by atoms with E-state index in [4.69, 9.17) is 0 Å². The third-order valence-corrected chi connectivity index (χ3v) is 1.59. The Morgan fingerprint density at radius 2 is 2.43 bits per heavy atom. The molecule has 0 heterocycles. The predicted octanol–water partition coefficient (Wildman–Crippen LogP) is 1.33. The maximum atomic E-state index is 9.87. The molecule has 1 atom stereocenters. The molecule has 0 aliphatic carbocycles. The summed E-state index contributed by atoms with van der Waals surface area (Å²) in [6.45, 7) is 3.95. The summed E-state index contributed by atoms with van der Waals surface area (Å²) in [4.78, 5) is 9.87. The molecule has 0 N–H and O–H groups in total.